The molecule has 0 aliphatic heterocycles. The smallest absolute Gasteiger partial charge is 0.343 e. The maximum Gasteiger partial charge on any atom is 0.343 e. The van der Waals surface area contributed by atoms with Gasteiger partial charge in [-0.05, 0) is 48.5 Å². The second-order valence-electron chi connectivity index (χ2n) is 3.78. The van der Waals surface area contributed by atoms with Crippen molar-refractivity contribution in [1.29, 1.82) is 5.26 Å². The molecular formula is C15H11NO4. The first-order valence-electron chi connectivity index (χ1n) is 5.75. The Bertz CT molecular complexity index is 626. The third-order valence-corrected chi connectivity index (χ3v) is 2.52. The van der Waals surface area contributed by atoms with E-state index in [0.717, 1.165) is 0 Å². The van der Waals surface area contributed by atoms with Crippen LogP contribution in [0.25, 0.3) is 0 Å². The minimum absolute atomic E-state index is 0.367. The van der Waals surface area contributed by atoms with Crippen LogP contribution in [0.5, 0.6) is 17.2 Å². The number of methoxy groups -OCH3 is 1. The van der Waals surface area contributed by atoms with Gasteiger partial charge in [0.15, 0.2) is 0 Å². The van der Waals surface area contributed by atoms with E-state index in [-0.39, 0.29) is 0 Å². The molecule has 0 saturated carbocycles. The molecule has 0 bridgehead atoms. The number of ether oxygens (including phenoxy) is 3. The molecule has 0 atom stereocenters. The fraction of sp³-hybridized carbons (Fsp3) is 0.0667. The SMILES string of the molecule is COc1ccc(OC(=O)c2ccc(OC#N)cc2)cc1. The molecule has 2 aromatic carbocycles. The number of nitriles is 1. The van der Waals surface area contributed by atoms with Crippen molar-refractivity contribution in [3.8, 4) is 23.5 Å². The number of hydrogen-bond donors (Lipinski definition) is 0. The summed E-state index contributed by atoms with van der Waals surface area (Å²) in [5.74, 6) is 0.989. The number of esters is 1. The third kappa shape index (κ3) is 3.27. The normalized spacial score (nSPS) is 9.40. The van der Waals surface area contributed by atoms with Gasteiger partial charge in [0, 0.05) is 0 Å². The van der Waals surface area contributed by atoms with Crippen LogP contribution in [-0.2, 0) is 0 Å². The standard InChI is InChI=1S/C15H11NO4/c1-18-12-6-8-14(9-7-12)20-15(17)11-2-4-13(5-3-11)19-10-16/h2-9H,1H3. The highest BCUT2D eigenvalue weighted by Gasteiger charge is 2.08. The highest BCUT2D eigenvalue weighted by molar-refractivity contribution is 5.91. The van der Waals surface area contributed by atoms with Crippen LogP contribution in [0, 0.1) is 11.5 Å². The molecule has 0 amide bonds. The molecule has 0 spiro atoms. The van der Waals surface area contributed by atoms with Gasteiger partial charge in [0.2, 0.25) is 0 Å². The highest BCUT2D eigenvalue weighted by atomic mass is 16.5. The first-order valence-corrected chi connectivity index (χ1v) is 5.75. The maximum absolute atomic E-state index is 11.9. The lowest BCUT2D eigenvalue weighted by Gasteiger charge is -2.05. The summed E-state index contributed by atoms with van der Waals surface area (Å²) >= 11 is 0. The molecule has 0 fully saturated rings. The molecule has 0 heterocycles. The van der Waals surface area contributed by atoms with Gasteiger partial charge in [-0.25, -0.2) is 4.79 Å². The number of nitrogens with zero attached hydrogens (tertiary/aromatic N) is 1. The van der Waals surface area contributed by atoms with Crippen molar-refractivity contribution in [3.05, 3.63) is 54.1 Å². The summed E-state index contributed by atoms with van der Waals surface area (Å²) < 4.78 is 14.8. The van der Waals surface area contributed by atoms with E-state index in [9.17, 15) is 4.79 Å². The molecule has 0 aliphatic carbocycles. The van der Waals surface area contributed by atoms with Crippen LogP contribution in [-0.4, -0.2) is 13.1 Å². The van der Waals surface area contributed by atoms with E-state index in [2.05, 4.69) is 4.74 Å². The molecule has 0 N–H and O–H groups in total. The van der Waals surface area contributed by atoms with Gasteiger partial charge in [0.25, 0.3) is 6.26 Å². The summed E-state index contributed by atoms with van der Waals surface area (Å²) in [6, 6.07) is 12.8. The van der Waals surface area contributed by atoms with Crippen LogP contribution in [0.15, 0.2) is 48.5 Å². The minimum Gasteiger partial charge on any atom is -0.497 e. The van der Waals surface area contributed by atoms with E-state index in [0.29, 0.717) is 22.8 Å². The number of hydrogen-bond acceptors (Lipinski definition) is 5. The predicted octanol–water partition coefficient (Wildman–Crippen LogP) is 2.77. The summed E-state index contributed by atoms with van der Waals surface area (Å²) in [5.41, 5.74) is 0.367. The van der Waals surface area contributed by atoms with Crippen molar-refractivity contribution in [2.24, 2.45) is 0 Å². The summed E-state index contributed by atoms with van der Waals surface area (Å²) in [4.78, 5) is 11.9. The van der Waals surface area contributed by atoms with Gasteiger partial charge in [0.05, 0.1) is 12.7 Å². The molecule has 5 nitrogen and oxygen atoms in total. The summed E-state index contributed by atoms with van der Waals surface area (Å²) in [6.45, 7) is 0. The lowest BCUT2D eigenvalue weighted by molar-refractivity contribution is 0.0734. The number of carbonyl (C=O) groups is 1. The van der Waals surface area contributed by atoms with E-state index in [1.54, 1.807) is 37.6 Å². The molecule has 100 valence electrons. The van der Waals surface area contributed by atoms with Gasteiger partial charge in [-0.3, -0.25) is 0 Å². The minimum atomic E-state index is -0.487. The average Bonchev–Trinajstić information content (AvgIpc) is 2.49. The van der Waals surface area contributed by atoms with Gasteiger partial charge in [0.1, 0.15) is 17.2 Å². The quantitative estimate of drug-likeness (QED) is 0.485. The highest BCUT2D eigenvalue weighted by Crippen LogP contribution is 2.19. The Morgan fingerprint density at radius 3 is 2.05 bits per heavy atom. The van der Waals surface area contributed by atoms with Crippen LogP contribution in [0.3, 0.4) is 0 Å². The van der Waals surface area contributed by atoms with Gasteiger partial charge in [-0.15, -0.1) is 5.26 Å². The number of rotatable bonds is 4. The Morgan fingerprint density at radius 2 is 1.50 bits per heavy atom. The van der Waals surface area contributed by atoms with Crippen LogP contribution in [0.2, 0.25) is 0 Å². The van der Waals surface area contributed by atoms with Crippen LogP contribution >= 0.6 is 0 Å². The monoisotopic (exact) mass is 269 g/mol. The molecule has 0 aliphatic rings. The number of carbonyl (C=O) groups excluding carboxylic acids is 1. The van der Waals surface area contributed by atoms with E-state index in [1.165, 1.54) is 24.3 Å². The summed E-state index contributed by atoms with van der Waals surface area (Å²) in [5, 5.41) is 8.36. The van der Waals surface area contributed by atoms with Crippen LogP contribution in [0.1, 0.15) is 10.4 Å². The maximum atomic E-state index is 11.9. The van der Waals surface area contributed by atoms with Crippen molar-refractivity contribution < 1.29 is 19.0 Å². The predicted molar refractivity (Wildman–Crippen MR) is 70.6 cm³/mol. The van der Waals surface area contributed by atoms with Crippen molar-refractivity contribution >= 4 is 5.97 Å². The fourth-order valence-corrected chi connectivity index (χ4v) is 1.52. The van der Waals surface area contributed by atoms with Crippen molar-refractivity contribution in [3.63, 3.8) is 0 Å². The molecule has 2 aromatic rings. The molecule has 20 heavy (non-hydrogen) atoms. The fourth-order valence-electron chi connectivity index (χ4n) is 1.52. The van der Waals surface area contributed by atoms with Crippen molar-refractivity contribution in [1.82, 2.24) is 0 Å². The topological polar surface area (TPSA) is 68.6 Å². The first-order chi connectivity index (χ1) is 9.72. The molecular weight excluding hydrogens is 258 g/mol. The van der Waals surface area contributed by atoms with Crippen molar-refractivity contribution in [2.75, 3.05) is 7.11 Å². The van der Waals surface area contributed by atoms with Crippen LogP contribution < -0.4 is 14.2 Å². The number of benzene rings is 2. The third-order valence-electron chi connectivity index (χ3n) is 2.52. The van der Waals surface area contributed by atoms with Gasteiger partial charge < -0.3 is 14.2 Å². The van der Waals surface area contributed by atoms with Gasteiger partial charge in [-0.1, -0.05) is 0 Å². The van der Waals surface area contributed by atoms with E-state index < -0.39 is 5.97 Å². The lowest BCUT2D eigenvalue weighted by atomic mass is 10.2. The zero-order valence-electron chi connectivity index (χ0n) is 10.7. The first kappa shape index (κ1) is 13.4. The Kier molecular flexibility index (Phi) is 4.20. The van der Waals surface area contributed by atoms with Crippen molar-refractivity contribution in [2.45, 2.75) is 0 Å². The van der Waals surface area contributed by atoms with Gasteiger partial charge >= 0.3 is 5.97 Å². The zero-order chi connectivity index (χ0) is 14.4. The lowest BCUT2D eigenvalue weighted by Crippen LogP contribution is -2.08. The van der Waals surface area contributed by atoms with E-state index in [1.807, 2.05) is 0 Å². The van der Waals surface area contributed by atoms with E-state index in [4.69, 9.17) is 14.7 Å². The molecule has 0 aromatic heterocycles. The Morgan fingerprint density at radius 1 is 0.950 bits per heavy atom. The Balaban J connectivity index is 2.05. The van der Waals surface area contributed by atoms with Crippen LogP contribution in [0.4, 0.5) is 0 Å². The molecule has 0 radical (unpaired) electrons. The second-order valence-corrected chi connectivity index (χ2v) is 3.78. The van der Waals surface area contributed by atoms with Gasteiger partial charge in [-0.2, -0.15) is 0 Å². The summed E-state index contributed by atoms with van der Waals surface area (Å²) in [7, 11) is 1.56. The average molecular weight is 269 g/mol. The zero-order valence-corrected chi connectivity index (χ0v) is 10.7. The Hall–Kier alpha value is -3.00. The second kappa shape index (κ2) is 6.25. The van der Waals surface area contributed by atoms with E-state index >= 15 is 0 Å². The largest absolute Gasteiger partial charge is 0.497 e. The molecule has 0 unspecified atom stereocenters. The summed E-state index contributed by atoms with van der Waals surface area (Å²) in [6.07, 6.45) is 1.56. The Labute approximate surface area is 115 Å². The molecule has 5 heteroatoms. The molecule has 0 saturated heterocycles. The molecule has 2 rings (SSSR count).